The van der Waals surface area contributed by atoms with Crippen molar-refractivity contribution in [2.45, 2.75) is 32.2 Å². The number of nitrogens with one attached hydrogen (secondary N) is 2. The van der Waals surface area contributed by atoms with Crippen LogP contribution in [0.1, 0.15) is 36.7 Å². The van der Waals surface area contributed by atoms with Crippen LogP contribution in [0.3, 0.4) is 0 Å². The Morgan fingerprint density at radius 2 is 1.75 bits per heavy atom. The van der Waals surface area contributed by atoms with E-state index in [1.54, 1.807) is 31.2 Å². The molecular weight excluding hydrogens is 576 g/mol. The second-order valence-electron chi connectivity index (χ2n) is 10.3. The molecule has 44 heavy (non-hydrogen) atoms. The first-order valence-corrected chi connectivity index (χ1v) is 14.5. The van der Waals surface area contributed by atoms with Gasteiger partial charge in [0.05, 0.1) is 12.1 Å². The van der Waals surface area contributed by atoms with Crippen molar-refractivity contribution < 1.29 is 43.3 Å². The fourth-order valence-electron chi connectivity index (χ4n) is 4.93. The zero-order valence-corrected chi connectivity index (χ0v) is 24.5. The van der Waals surface area contributed by atoms with Gasteiger partial charge in [-0.1, -0.05) is 12.1 Å². The second-order valence-corrected chi connectivity index (χ2v) is 10.3. The van der Waals surface area contributed by atoms with Crippen LogP contribution in [0.25, 0.3) is 10.9 Å². The van der Waals surface area contributed by atoms with E-state index < -0.39 is 29.9 Å². The Hall–Kier alpha value is -4.95. The topological polar surface area (TPSA) is 188 Å². The van der Waals surface area contributed by atoms with Gasteiger partial charge in [0.25, 0.3) is 11.8 Å². The number of aliphatic carboxylic acids is 1. The molecule has 2 fully saturated rings. The van der Waals surface area contributed by atoms with Crippen molar-refractivity contribution in [2.75, 3.05) is 59.0 Å². The zero-order valence-electron chi connectivity index (χ0n) is 24.5. The van der Waals surface area contributed by atoms with E-state index in [-0.39, 0.29) is 88.5 Å². The summed E-state index contributed by atoms with van der Waals surface area (Å²) >= 11 is 0. The summed E-state index contributed by atoms with van der Waals surface area (Å²) in [5.74, 6) is -2.55. The van der Waals surface area contributed by atoms with Gasteiger partial charge in [-0.3, -0.25) is 24.0 Å². The van der Waals surface area contributed by atoms with E-state index in [1.165, 1.54) is 20.8 Å². The Morgan fingerprint density at radius 1 is 1.02 bits per heavy atom. The van der Waals surface area contributed by atoms with Crippen LogP contribution in [0, 0.1) is 0 Å². The molecule has 1 aromatic heterocycles. The highest BCUT2D eigenvalue weighted by molar-refractivity contribution is 5.99. The number of pyridine rings is 1. The van der Waals surface area contributed by atoms with Crippen molar-refractivity contribution in [1.82, 2.24) is 30.3 Å². The molecule has 15 heteroatoms. The first-order valence-electron chi connectivity index (χ1n) is 14.5. The lowest BCUT2D eigenvalue weighted by Crippen LogP contribution is -2.56. The lowest BCUT2D eigenvalue weighted by molar-refractivity contribution is -0.138. The molecule has 4 rings (SSSR count). The summed E-state index contributed by atoms with van der Waals surface area (Å²) in [6.07, 6.45) is -0.803. The van der Waals surface area contributed by atoms with Crippen molar-refractivity contribution >= 4 is 46.6 Å². The van der Waals surface area contributed by atoms with Gasteiger partial charge in [-0.15, -0.1) is 0 Å². The minimum atomic E-state index is -1.16. The minimum absolute atomic E-state index is 0.0871. The summed E-state index contributed by atoms with van der Waals surface area (Å²) in [7, 11) is 0. The number of ether oxygens (including phenoxy) is 2. The predicted octanol–water partition coefficient (Wildman–Crippen LogP) is 0.226. The number of hydrogen-bond donors (Lipinski definition) is 3. The molecule has 2 aliphatic heterocycles. The quantitative estimate of drug-likeness (QED) is 0.335. The molecule has 1 aromatic carbocycles. The molecule has 0 saturated carbocycles. The molecule has 3 heterocycles. The molecule has 1 unspecified atom stereocenters. The van der Waals surface area contributed by atoms with Gasteiger partial charge < -0.3 is 39.9 Å². The van der Waals surface area contributed by atoms with Gasteiger partial charge in [0.2, 0.25) is 11.8 Å². The molecule has 15 nitrogen and oxygen atoms in total. The number of hydrogen-bond acceptors (Lipinski definition) is 9. The van der Waals surface area contributed by atoms with Crippen LogP contribution in [0.15, 0.2) is 30.3 Å². The molecular formula is C29H36N6O9. The van der Waals surface area contributed by atoms with Crippen molar-refractivity contribution in [1.29, 1.82) is 0 Å². The summed E-state index contributed by atoms with van der Waals surface area (Å²) in [6.45, 7) is 3.41. The molecule has 0 bridgehead atoms. The highest BCUT2D eigenvalue weighted by Gasteiger charge is 2.31. The lowest BCUT2D eigenvalue weighted by Gasteiger charge is -2.35. The molecule has 3 N–H and O–H groups in total. The van der Waals surface area contributed by atoms with E-state index in [0.717, 1.165) is 0 Å². The molecule has 0 radical (unpaired) electrons. The van der Waals surface area contributed by atoms with Crippen LogP contribution >= 0.6 is 0 Å². The summed E-state index contributed by atoms with van der Waals surface area (Å²) in [4.78, 5) is 83.5. The van der Waals surface area contributed by atoms with Gasteiger partial charge in [-0.2, -0.15) is 0 Å². The van der Waals surface area contributed by atoms with E-state index >= 15 is 0 Å². The Bertz CT molecular complexity index is 1410. The monoisotopic (exact) mass is 612 g/mol. The number of aromatic nitrogens is 1. The third kappa shape index (κ3) is 8.33. The highest BCUT2D eigenvalue weighted by Crippen LogP contribution is 2.26. The largest absolute Gasteiger partial charge is 0.483 e. The number of rotatable bonds is 10. The molecule has 2 aliphatic rings. The van der Waals surface area contributed by atoms with E-state index in [0.29, 0.717) is 24.0 Å². The Morgan fingerprint density at radius 3 is 2.48 bits per heavy atom. The van der Waals surface area contributed by atoms with E-state index in [1.807, 2.05) is 0 Å². The standard InChI is InChI=1S/C29H36N6O9/c1-2-43-29(42)35-15-13-34(14-16-35)28(41)21(7-8-26(38)39)32-27(40)22-17-23(19-5-3-4-6-20(19)31-22)44-18-25(37)33-11-9-24(36)30-10-12-33/h3-6,17,21H,2,7-16,18H2,1H3,(H,30,36)(H,32,40)(H,38,39). The summed E-state index contributed by atoms with van der Waals surface area (Å²) in [5, 5.41) is 15.2. The molecule has 2 aromatic rings. The normalized spacial score (nSPS) is 16.0. The SMILES string of the molecule is CCOC(=O)N1CCN(C(=O)C(CCC(=O)O)NC(=O)c2cc(OCC(=O)N3CCNC(=O)CC3)c3ccccc3n2)CC1. The van der Waals surface area contributed by atoms with Gasteiger partial charge in [0.1, 0.15) is 17.5 Å². The van der Waals surface area contributed by atoms with Crippen LogP contribution in [0.5, 0.6) is 5.75 Å². The number of carboxylic acids is 1. The first-order chi connectivity index (χ1) is 21.2. The molecule has 236 valence electrons. The van der Waals surface area contributed by atoms with Crippen molar-refractivity contribution in [3.05, 3.63) is 36.0 Å². The maximum atomic E-state index is 13.4. The highest BCUT2D eigenvalue weighted by atomic mass is 16.6. The Labute approximate surface area is 253 Å². The first kappa shape index (κ1) is 32.0. The van der Waals surface area contributed by atoms with Gasteiger partial charge in [-0.05, 0) is 25.5 Å². The number of para-hydroxylation sites is 1. The van der Waals surface area contributed by atoms with Crippen molar-refractivity contribution in [3.8, 4) is 5.75 Å². The zero-order chi connectivity index (χ0) is 31.6. The van der Waals surface area contributed by atoms with Crippen LogP contribution in [-0.2, 0) is 23.9 Å². The van der Waals surface area contributed by atoms with Gasteiger partial charge in [-0.25, -0.2) is 9.78 Å². The lowest BCUT2D eigenvalue weighted by atomic mass is 10.1. The average Bonchev–Trinajstić information content (AvgIpc) is 3.25. The smallest absolute Gasteiger partial charge is 0.409 e. The van der Waals surface area contributed by atoms with E-state index in [2.05, 4.69) is 15.6 Å². The number of benzene rings is 1. The van der Waals surface area contributed by atoms with Crippen molar-refractivity contribution in [2.24, 2.45) is 0 Å². The summed E-state index contributed by atoms with van der Waals surface area (Å²) in [6, 6.07) is 7.09. The van der Waals surface area contributed by atoms with Gasteiger partial charge in [0.15, 0.2) is 6.61 Å². The average molecular weight is 613 g/mol. The number of fused-ring (bicyclic) bond motifs is 1. The molecule has 5 amide bonds. The Kier molecular flexibility index (Phi) is 10.9. The van der Waals surface area contributed by atoms with Crippen LogP contribution in [-0.4, -0.2) is 126 Å². The molecule has 2 saturated heterocycles. The number of piperazine rings is 1. The fourth-order valence-corrected chi connectivity index (χ4v) is 4.93. The second kappa shape index (κ2) is 15.0. The number of nitrogens with zero attached hydrogens (tertiary/aromatic N) is 4. The van der Waals surface area contributed by atoms with Gasteiger partial charge in [0, 0.05) is 70.1 Å². The minimum Gasteiger partial charge on any atom is -0.483 e. The van der Waals surface area contributed by atoms with Crippen LogP contribution in [0.2, 0.25) is 0 Å². The maximum absolute atomic E-state index is 13.4. The van der Waals surface area contributed by atoms with Crippen LogP contribution < -0.4 is 15.4 Å². The number of carboxylic acid groups (broad SMARTS) is 1. The molecule has 0 spiro atoms. The number of carbonyl (C=O) groups is 6. The number of carbonyl (C=O) groups excluding carboxylic acids is 5. The maximum Gasteiger partial charge on any atom is 0.409 e. The third-order valence-corrected chi connectivity index (χ3v) is 7.30. The van der Waals surface area contributed by atoms with E-state index in [4.69, 9.17) is 9.47 Å². The van der Waals surface area contributed by atoms with Crippen molar-refractivity contribution in [3.63, 3.8) is 0 Å². The molecule has 1 atom stereocenters. The summed E-state index contributed by atoms with van der Waals surface area (Å²) < 4.78 is 10.9. The number of amides is 5. The fraction of sp³-hybridized carbons (Fsp3) is 0.483. The van der Waals surface area contributed by atoms with Gasteiger partial charge >= 0.3 is 12.1 Å². The molecule has 0 aliphatic carbocycles. The predicted molar refractivity (Wildman–Crippen MR) is 155 cm³/mol. The summed E-state index contributed by atoms with van der Waals surface area (Å²) in [5.41, 5.74) is 0.326. The van der Waals surface area contributed by atoms with E-state index in [9.17, 15) is 33.9 Å². The third-order valence-electron chi connectivity index (χ3n) is 7.30. The van der Waals surface area contributed by atoms with Crippen LogP contribution in [0.4, 0.5) is 4.79 Å². The Balaban J connectivity index is 1.48.